The number of benzene rings is 1. The Morgan fingerprint density at radius 2 is 1.92 bits per heavy atom. The van der Waals surface area contributed by atoms with E-state index in [1.807, 2.05) is 40.9 Å². The van der Waals surface area contributed by atoms with Crippen molar-refractivity contribution in [3.8, 4) is 0 Å². The molecule has 2 heterocycles. The number of carbonyl (C=O) groups is 1. The van der Waals surface area contributed by atoms with Crippen molar-refractivity contribution in [2.24, 2.45) is 0 Å². The number of imidazole rings is 1. The molecule has 3 aromatic rings. The molecule has 1 aromatic carbocycles. The minimum atomic E-state index is -0.116. The van der Waals surface area contributed by atoms with E-state index in [1.54, 1.807) is 0 Å². The van der Waals surface area contributed by atoms with Crippen LogP contribution >= 0.6 is 0 Å². The quantitative estimate of drug-likeness (QED) is 0.742. The van der Waals surface area contributed by atoms with Gasteiger partial charge in [0.05, 0.1) is 5.69 Å². The first-order valence-corrected chi connectivity index (χ1v) is 8.47. The Hall–Kier alpha value is -2.62. The fraction of sp³-hybridized carbons (Fsp3) is 0.300. The maximum atomic E-state index is 12.8. The zero-order valence-corrected chi connectivity index (χ0v) is 14.4. The van der Waals surface area contributed by atoms with Gasteiger partial charge in [0.25, 0.3) is 5.91 Å². The highest BCUT2D eigenvalue weighted by Gasteiger charge is 2.18. The molecule has 4 heteroatoms. The summed E-state index contributed by atoms with van der Waals surface area (Å²) in [4.78, 5) is 17.4. The average Bonchev–Trinajstić information content (AvgIpc) is 2.93. The molecule has 124 valence electrons. The lowest BCUT2D eigenvalue weighted by Gasteiger charge is -2.09. The summed E-state index contributed by atoms with van der Waals surface area (Å²) in [5.41, 5.74) is 4.34. The molecule has 4 nitrogen and oxygen atoms in total. The molecule has 0 saturated heterocycles. The van der Waals surface area contributed by atoms with Crippen LogP contribution in [0.5, 0.6) is 0 Å². The van der Waals surface area contributed by atoms with Crippen LogP contribution in [0.2, 0.25) is 0 Å². The Morgan fingerprint density at radius 1 is 1.17 bits per heavy atom. The zero-order valence-electron chi connectivity index (χ0n) is 14.4. The van der Waals surface area contributed by atoms with Crippen LogP contribution in [0.3, 0.4) is 0 Å². The number of nitrogens with one attached hydrogen (secondary N) is 1. The second-order valence-electron chi connectivity index (χ2n) is 6.32. The molecule has 0 atom stereocenters. The summed E-state index contributed by atoms with van der Waals surface area (Å²) >= 11 is 0. The number of hydrogen-bond donors (Lipinski definition) is 1. The smallest absolute Gasteiger partial charge is 0.274 e. The number of rotatable bonds is 5. The third-order valence-electron chi connectivity index (χ3n) is 4.14. The minimum Gasteiger partial charge on any atom is -0.321 e. The van der Waals surface area contributed by atoms with Gasteiger partial charge in [-0.15, -0.1) is 0 Å². The molecule has 0 aliphatic heterocycles. The van der Waals surface area contributed by atoms with Gasteiger partial charge >= 0.3 is 0 Å². The Bertz CT molecular complexity index is 847. The molecule has 0 spiro atoms. The van der Waals surface area contributed by atoms with Crippen LogP contribution in [-0.2, 0) is 6.42 Å². The Labute approximate surface area is 142 Å². The second-order valence-corrected chi connectivity index (χ2v) is 6.32. The number of amides is 1. The highest BCUT2D eigenvalue weighted by Crippen LogP contribution is 2.19. The molecule has 0 aliphatic rings. The van der Waals surface area contributed by atoms with Crippen molar-refractivity contribution < 1.29 is 4.79 Å². The van der Waals surface area contributed by atoms with E-state index >= 15 is 0 Å². The lowest BCUT2D eigenvalue weighted by molar-refractivity contribution is 0.102. The number of pyridine rings is 1. The molecule has 0 unspecified atom stereocenters. The van der Waals surface area contributed by atoms with Gasteiger partial charge in [0.1, 0.15) is 11.3 Å². The van der Waals surface area contributed by atoms with E-state index in [-0.39, 0.29) is 5.91 Å². The number of nitrogens with zero attached hydrogens (tertiary/aromatic N) is 2. The number of anilines is 1. The summed E-state index contributed by atoms with van der Waals surface area (Å²) in [6.45, 7) is 6.41. The molecule has 0 radical (unpaired) electrons. The molecule has 0 aliphatic carbocycles. The van der Waals surface area contributed by atoms with Crippen molar-refractivity contribution in [2.45, 2.75) is 39.5 Å². The highest BCUT2D eigenvalue weighted by molar-refractivity contribution is 6.04. The van der Waals surface area contributed by atoms with Crippen LogP contribution < -0.4 is 5.32 Å². The SMILES string of the molecule is CCCc1nc2ccccn2c1C(=O)Nc1ccc(C(C)C)cc1. The molecule has 0 saturated carbocycles. The van der Waals surface area contributed by atoms with E-state index in [4.69, 9.17) is 0 Å². The van der Waals surface area contributed by atoms with Gasteiger partial charge in [0, 0.05) is 11.9 Å². The first-order chi connectivity index (χ1) is 11.6. The summed E-state index contributed by atoms with van der Waals surface area (Å²) in [5, 5.41) is 3.00. The van der Waals surface area contributed by atoms with E-state index in [2.05, 4.69) is 43.2 Å². The number of aryl methyl sites for hydroxylation is 1. The van der Waals surface area contributed by atoms with Crippen molar-refractivity contribution in [2.75, 3.05) is 5.32 Å². The largest absolute Gasteiger partial charge is 0.321 e. The molecule has 0 fully saturated rings. The standard InChI is InChI=1S/C20H23N3O/c1-4-7-17-19(23-13-6-5-8-18(23)22-17)20(24)21-16-11-9-15(10-12-16)14(2)3/h5-6,8-14H,4,7H2,1-3H3,(H,21,24). The van der Waals surface area contributed by atoms with Crippen molar-refractivity contribution in [1.82, 2.24) is 9.38 Å². The molecule has 24 heavy (non-hydrogen) atoms. The lowest BCUT2D eigenvalue weighted by atomic mass is 10.0. The van der Waals surface area contributed by atoms with Gasteiger partial charge in [0.15, 0.2) is 0 Å². The fourth-order valence-corrected chi connectivity index (χ4v) is 2.84. The van der Waals surface area contributed by atoms with Crippen molar-refractivity contribution >= 4 is 17.2 Å². The van der Waals surface area contributed by atoms with Crippen LogP contribution in [0.1, 0.15) is 54.9 Å². The monoisotopic (exact) mass is 321 g/mol. The molecule has 2 aromatic heterocycles. The fourth-order valence-electron chi connectivity index (χ4n) is 2.84. The summed E-state index contributed by atoms with van der Waals surface area (Å²) in [5.74, 6) is 0.360. The van der Waals surface area contributed by atoms with Gasteiger partial charge in [-0.05, 0) is 42.2 Å². The summed E-state index contributed by atoms with van der Waals surface area (Å²) in [6, 6.07) is 13.8. The van der Waals surface area contributed by atoms with Crippen LogP contribution in [0, 0.1) is 0 Å². The van der Waals surface area contributed by atoms with Gasteiger partial charge < -0.3 is 5.32 Å². The van der Waals surface area contributed by atoms with Crippen LogP contribution in [0.25, 0.3) is 5.65 Å². The van der Waals surface area contributed by atoms with Gasteiger partial charge in [-0.1, -0.05) is 45.4 Å². The van der Waals surface area contributed by atoms with Crippen LogP contribution in [0.4, 0.5) is 5.69 Å². The topological polar surface area (TPSA) is 46.4 Å². The third-order valence-corrected chi connectivity index (χ3v) is 4.14. The maximum absolute atomic E-state index is 12.8. The third kappa shape index (κ3) is 3.18. The van der Waals surface area contributed by atoms with Crippen LogP contribution in [-0.4, -0.2) is 15.3 Å². The zero-order chi connectivity index (χ0) is 17.1. The number of carbonyl (C=O) groups excluding carboxylic acids is 1. The number of aromatic nitrogens is 2. The first-order valence-electron chi connectivity index (χ1n) is 8.47. The Balaban J connectivity index is 1.91. The van der Waals surface area contributed by atoms with E-state index in [0.717, 1.165) is 29.9 Å². The van der Waals surface area contributed by atoms with Crippen molar-refractivity contribution in [1.29, 1.82) is 0 Å². The molecule has 0 bridgehead atoms. The minimum absolute atomic E-state index is 0.116. The Morgan fingerprint density at radius 3 is 2.58 bits per heavy atom. The normalized spacial score (nSPS) is 11.2. The lowest BCUT2D eigenvalue weighted by Crippen LogP contribution is -2.16. The van der Waals surface area contributed by atoms with Crippen molar-refractivity contribution in [3.63, 3.8) is 0 Å². The van der Waals surface area contributed by atoms with E-state index in [0.29, 0.717) is 11.6 Å². The highest BCUT2D eigenvalue weighted by atomic mass is 16.2. The number of fused-ring (bicyclic) bond motifs is 1. The molecular weight excluding hydrogens is 298 g/mol. The van der Waals surface area contributed by atoms with E-state index < -0.39 is 0 Å². The molecule has 1 N–H and O–H groups in total. The second kappa shape index (κ2) is 6.87. The summed E-state index contributed by atoms with van der Waals surface area (Å²) in [7, 11) is 0. The van der Waals surface area contributed by atoms with Gasteiger partial charge in [-0.3, -0.25) is 9.20 Å². The van der Waals surface area contributed by atoms with Crippen LogP contribution in [0.15, 0.2) is 48.7 Å². The predicted molar refractivity (Wildman–Crippen MR) is 97.7 cm³/mol. The van der Waals surface area contributed by atoms with Gasteiger partial charge in [-0.2, -0.15) is 0 Å². The molecular formula is C20H23N3O. The number of hydrogen-bond acceptors (Lipinski definition) is 2. The van der Waals surface area contributed by atoms with E-state index in [9.17, 15) is 4.79 Å². The first kappa shape index (κ1) is 16.2. The maximum Gasteiger partial charge on any atom is 0.274 e. The van der Waals surface area contributed by atoms with E-state index in [1.165, 1.54) is 5.56 Å². The van der Waals surface area contributed by atoms with Gasteiger partial charge in [0.2, 0.25) is 0 Å². The average molecular weight is 321 g/mol. The van der Waals surface area contributed by atoms with Crippen molar-refractivity contribution in [3.05, 3.63) is 65.6 Å². The summed E-state index contributed by atoms with van der Waals surface area (Å²) < 4.78 is 1.86. The Kier molecular flexibility index (Phi) is 4.65. The summed E-state index contributed by atoms with van der Waals surface area (Å²) in [6.07, 6.45) is 3.63. The molecule has 1 amide bonds. The van der Waals surface area contributed by atoms with Gasteiger partial charge in [-0.25, -0.2) is 4.98 Å². The molecule has 3 rings (SSSR count). The predicted octanol–water partition coefficient (Wildman–Crippen LogP) is 4.66.